The van der Waals surface area contributed by atoms with E-state index in [4.69, 9.17) is 9.15 Å². The Morgan fingerprint density at radius 1 is 1.19 bits per heavy atom. The number of ether oxygens (including phenoxy) is 1. The topological polar surface area (TPSA) is 102 Å². The molecule has 27 heavy (non-hydrogen) atoms. The minimum atomic E-state index is -3.73. The molecule has 2 aliphatic rings. The summed E-state index contributed by atoms with van der Waals surface area (Å²) in [6, 6.07) is 4.40. The molecule has 1 atom stereocenters. The van der Waals surface area contributed by atoms with Gasteiger partial charge in [0.25, 0.3) is 5.91 Å². The fraction of sp³-hybridized carbons (Fsp3) is 0.529. The smallest absolute Gasteiger partial charge is 0.408 e. The summed E-state index contributed by atoms with van der Waals surface area (Å²) in [6.45, 7) is 1.71. The van der Waals surface area contributed by atoms with Crippen LogP contribution in [0.25, 0.3) is 11.1 Å². The molecule has 0 bridgehead atoms. The van der Waals surface area contributed by atoms with Gasteiger partial charge in [0.2, 0.25) is 10.0 Å². The van der Waals surface area contributed by atoms with Gasteiger partial charge >= 0.3 is 5.76 Å². The van der Waals surface area contributed by atoms with Gasteiger partial charge in [-0.05, 0) is 25.0 Å². The minimum Gasteiger partial charge on any atom is -0.408 e. The highest BCUT2D eigenvalue weighted by Crippen LogP contribution is 2.23. The first-order chi connectivity index (χ1) is 12.9. The van der Waals surface area contributed by atoms with Gasteiger partial charge in [0.05, 0.1) is 10.4 Å². The van der Waals surface area contributed by atoms with Crippen LogP contribution in [0.3, 0.4) is 0 Å². The van der Waals surface area contributed by atoms with Gasteiger partial charge in [-0.2, -0.15) is 4.31 Å². The molecule has 4 rings (SSSR count). The Hall–Kier alpha value is -2.17. The Morgan fingerprint density at radius 3 is 2.59 bits per heavy atom. The lowest BCUT2D eigenvalue weighted by Crippen LogP contribution is -2.52. The van der Waals surface area contributed by atoms with Crippen molar-refractivity contribution >= 4 is 27.0 Å². The summed E-state index contributed by atoms with van der Waals surface area (Å²) in [7, 11) is -2.17. The Bertz CT molecular complexity index is 1030. The molecule has 10 heteroatoms. The van der Waals surface area contributed by atoms with Gasteiger partial charge in [-0.25, -0.2) is 13.2 Å². The second kappa shape index (κ2) is 6.77. The SMILES string of the molecule is Cn1c(=O)oc2cc(S(=O)(=O)N3CCN(C(=O)[C@@H]4CCCO4)CC3)ccc21. The van der Waals surface area contributed by atoms with Crippen LogP contribution in [0.5, 0.6) is 0 Å². The second-order valence-electron chi connectivity index (χ2n) is 6.79. The quantitative estimate of drug-likeness (QED) is 0.733. The standard InChI is InChI=1S/C17H21N3O6S/c1-18-13-5-4-12(11-15(13)26-17(18)22)27(23,24)20-8-6-19(7-9-20)16(21)14-3-2-10-25-14/h4-5,11,14H,2-3,6-10H2,1H3/t14-/m0/s1. The lowest BCUT2D eigenvalue weighted by atomic mass is 10.2. The van der Waals surface area contributed by atoms with E-state index in [2.05, 4.69) is 0 Å². The monoisotopic (exact) mass is 395 g/mol. The maximum atomic E-state index is 12.9. The van der Waals surface area contributed by atoms with E-state index in [0.717, 1.165) is 12.8 Å². The van der Waals surface area contributed by atoms with Crippen LogP contribution in [0.2, 0.25) is 0 Å². The fourth-order valence-corrected chi connectivity index (χ4v) is 4.99. The first kappa shape index (κ1) is 18.2. The molecule has 1 aromatic heterocycles. The number of aryl methyl sites for hydroxylation is 1. The number of oxazole rings is 1. The van der Waals surface area contributed by atoms with E-state index in [1.165, 1.54) is 21.0 Å². The van der Waals surface area contributed by atoms with Crippen molar-refractivity contribution in [2.75, 3.05) is 32.8 Å². The van der Waals surface area contributed by atoms with Crippen molar-refractivity contribution in [1.82, 2.24) is 13.8 Å². The van der Waals surface area contributed by atoms with Crippen LogP contribution < -0.4 is 5.76 Å². The minimum absolute atomic E-state index is 0.0583. The van der Waals surface area contributed by atoms with Crippen molar-refractivity contribution in [2.45, 2.75) is 23.8 Å². The number of piperazine rings is 1. The molecule has 2 aliphatic heterocycles. The van der Waals surface area contributed by atoms with E-state index in [1.807, 2.05) is 0 Å². The van der Waals surface area contributed by atoms with E-state index in [9.17, 15) is 18.0 Å². The number of sulfonamides is 1. The summed E-state index contributed by atoms with van der Waals surface area (Å²) in [6.07, 6.45) is 1.21. The van der Waals surface area contributed by atoms with E-state index < -0.39 is 21.9 Å². The van der Waals surface area contributed by atoms with Crippen LogP contribution in [0, 0.1) is 0 Å². The van der Waals surface area contributed by atoms with Crippen LogP contribution in [-0.4, -0.2) is 67.0 Å². The van der Waals surface area contributed by atoms with Crippen molar-refractivity contribution in [3.63, 3.8) is 0 Å². The molecule has 0 unspecified atom stereocenters. The van der Waals surface area contributed by atoms with Crippen molar-refractivity contribution in [2.24, 2.45) is 7.05 Å². The molecule has 1 aromatic carbocycles. The molecular weight excluding hydrogens is 374 g/mol. The van der Waals surface area contributed by atoms with Gasteiger partial charge in [0.15, 0.2) is 5.58 Å². The fourth-order valence-electron chi connectivity index (χ4n) is 3.55. The average Bonchev–Trinajstić information content (AvgIpc) is 3.30. The normalized spacial score (nSPS) is 21.8. The highest BCUT2D eigenvalue weighted by Gasteiger charge is 2.34. The number of aromatic nitrogens is 1. The number of carbonyl (C=O) groups is 1. The number of rotatable bonds is 3. The summed E-state index contributed by atoms with van der Waals surface area (Å²) in [5.41, 5.74) is 0.765. The van der Waals surface area contributed by atoms with Gasteiger partial charge in [0.1, 0.15) is 6.10 Å². The van der Waals surface area contributed by atoms with Crippen LogP contribution in [-0.2, 0) is 26.6 Å². The summed E-state index contributed by atoms with van der Waals surface area (Å²) in [4.78, 5) is 25.7. The van der Waals surface area contributed by atoms with E-state index >= 15 is 0 Å². The summed E-state index contributed by atoms with van der Waals surface area (Å²) < 4.78 is 39.0. The van der Waals surface area contributed by atoms with Crippen LogP contribution in [0.1, 0.15) is 12.8 Å². The molecule has 2 saturated heterocycles. The Labute approximate surface area is 156 Å². The van der Waals surface area contributed by atoms with Crippen molar-refractivity contribution in [3.05, 3.63) is 28.7 Å². The van der Waals surface area contributed by atoms with Crippen LogP contribution in [0.15, 0.2) is 32.3 Å². The predicted molar refractivity (Wildman–Crippen MR) is 95.8 cm³/mol. The first-order valence-corrected chi connectivity index (χ1v) is 10.3. The number of fused-ring (bicyclic) bond motifs is 1. The van der Waals surface area contributed by atoms with Gasteiger partial charge in [-0.1, -0.05) is 0 Å². The van der Waals surface area contributed by atoms with Crippen molar-refractivity contribution < 1.29 is 22.4 Å². The van der Waals surface area contributed by atoms with Gasteiger partial charge in [0, 0.05) is 45.9 Å². The predicted octanol–water partition coefficient (Wildman–Crippen LogP) is 0.143. The molecule has 0 saturated carbocycles. The lowest BCUT2D eigenvalue weighted by Gasteiger charge is -2.35. The third-order valence-electron chi connectivity index (χ3n) is 5.16. The second-order valence-corrected chi connectivity index (χ2v) is 8.73. The zero-order valence-corrected chi connectivity index (χ0v) is 15.8. The highest BCUT2D eigenvalue weighted by molar-refractivity contribution is 7.89. The largest absolute Gasteiger partial charge is 0.419 e. The van der Waals surface area contributed by atoms with Crippen LogP contribution in [0.4, 0.5) is 0 Å². The zero-order valence-electron chi connectivity index (χ0n) is 15.0. The molecule has 1 amide bonds. The zero-order chi connectivity index (χ0) is 19.2. The molecule has 0 aliphatic carbocycles. The van der Waals surface area contributed by atoms with E-state index in [1.54, 1.807) is 18.0 Å². The molecule has 2 aromatic rings. The van der Waals surface area contributed by atoms with Gasteiger partial charge in [-0.15, -0.1) is 0 Å². The maximum Gasteiger partial charge on any atom is 0.419 e. The molecule has 146 valence electrons. The molecule has 0 spiro atoms. The van der Waals surface area contributed by atoms with E-state index in [-0.39, 0.29) is 29.5 Å². The van der Waals surface area contributed by atoms with Crippen molar-refractivity contribution in [3.8, 4) is 0 Å². The summed E-state index contributed by atoms with van der Waals surface area (Å²) in [5.74, 6) is -0.599. The average molecular weight is 395 g/mol. The Kier molecular flexibility index (Phi) is 4.57. The number of hydrogen-bond donors (Lipinski definition) is 0. The number of hydrogen-bond acceptors (Lipinski definition) is 6. The first-order valence-electron chi connectivity index (χ1n) is 8.88. The summed E-state index contributed by atoms with van der Waals surface area (Å²) >= 11 is 0. The third-order valence-corrected chi connectivity index (χ3v) is 7.05. The molecule has 0 radical (unpaired) electrons. The maximum absolute atomic E-state index is 12.9. The molecule has 9 nitrogen and oxygen atoms in total. The number of carbonyl (C=O) groups excluding carboxylic acids is 1. The molecule has 0 N–H and O–H groups in total. The number of benzene rings is 1. The Balaban J connectivity index is 1.50. The van der Waals surface area contributed by atoms with Crippen molar-refractivity contribution in [1.29, 1.82) is 0 Å². The van der Waals surface area contributed by atoms with E-state index in [0.29, 0.717) is 25.2 Å². The molecule has 2 fully saturated rings. The third kappa shape index (κ3) is 3.17. The lowest BCUT2D eigenvalue weighted by molar-refractivity contribution is -0.142. The summed E-state index contributed by atoms with van der Waals surface area (Å²) in [5, 5.41) is 0. The number of nitrogens with zero attached hydrogens (tertiary/aromatic N) is 3. The molecular formula is C17H21N3O6S. The van der Waals surface area contributed by atoms with Crippen LogP contribution >= 0.6 is 0 Å². The highest BCUT2D eigenvalue weighted by atomic mass is 32.2. The van der Waals surface area contributed by atoms with Gasteiger partial charge in [-0.3, -0.25) is 9.36 Å². The molecule has 3 heterocycles. The van der Waals surface area contributed by atoms with Gasteiger partial charge < -0.3 is 14.1 Å². The Morgan fingerprint density at radius 2 is 1.93 bits per heavy atom. The number of amides is 1.